The first kappa shape index (κ1) is 12.0. The highest BCUT2D eigenvalue weighted by Crippen LogP contribution is 2.12. The molecule has 1 unspecified atom stereocenters. The summed E-state index contributed by atoms with van der Waals surface area (Å²) in [6.07, 6.45) is 1.57. The Kier molecular flexibility index (Phi) is 3.71. The molecule has 17 heavy (non-hydrogen) atoms. The number of likely N-dealkylation sites (N-methyl/N-ethyl adjacent to an activating group) is 1. The van der Waals surface area contributed by atoms with E-state index in [0.717, 1.165) is 12.1 Å². The maximum Gasteiger partial charge on any atom is 0.167 e. The zero-order valence-electron chi connectivity index (χ0n) is 9.93. The average Bonchev–Trinajstić information content (AvgIpc) is 2.32. The molecule has 0 amide bonds. The van der Waals surface area contributed by atoms with Gasteiger partial charge in [-0.15, -0.1) is 0 Å². The van der Waals surface area contributed by atoms with Gasteiger partial charge in [-0.3, -0.25) is 4.79 Å². The Morgan fingerprint density at radius 1 is 1.71 bits per heavy atom. The lowest BCUT2D eigenvalue weighted by Gasteiger charge is -2.29. The maximum atomic E-state index is 12.0. The molecule has 1 aliphatic heterocycles. The molecular weight excluding hydrogens is 218 g/mol. The monoisotopic (exact) mass is 235 g/mol. The molecule has 2 heterocycles. The number of nitrogens with two attached hydrogens (primary N) is 1. The van der Waals surface area contributed by atoms with Gasteiger partial charge < -0.3 is 15.4 Å². The smallest absolute Gasteiger partial charge is 0.167 e. The van der Waals surface area contributed by atoms with Crippen molar-refractivity contribution in [2.45, 2.75) is 12.5 Å². The van der Waals surface area contributed by atoms with Crippen LogP contribution in [0.15, 0.2) is 18.3 Å². The molecule has 1 saturated heterocycles. The number of aromatic nitrogens is 1. The van der Waals surface area contributed by atoms with Crippen LogP contribution in [0.5, 0.6) is 0 Å². The second-order valence-corrected chi connectivity index (χ2v) is 4.31. The predicted octanol–water partition coefficient (Wildman–Crippen LogP) is 0.106. The molecule has 0 radical (unpaired) electrons. The van der Waals surface area contributed by atoms with Crippen LogP contribution in [0.25, 0.3) is 0 Å². The van der Waals surface area contributed by atoms with Crippen molar-refractivity contribution < 1.29 is 9.53 Å². The lowest BCUT2D eigenvalue weighted by molar-refractivity contribution is -0.134. The predicted molar refractivity (Wildman–Crippen MR) is 64.6 cm³/mol. The summed E-state index contributed by atoms with van der Waals surface area (Å²) < 4.78 is 5.47. The summed E-state index contributed by atoms with van der Waals surface area (Å²) in [6.45, 7) is 2.13. The van der Waals surface area contributed by atoms with E-state index < -0.39 is 0 Å². The molecule has 5 nitrogen and oxygen atoms in total. The van der Waals surface area contributed by atoms with E-state index in [9.17, 15) is 4.79 Å². The van der Waals surface area contributed by atoms with E-state index in [2.05, 4.69) is 9.88 Å². The van der Waals surface area contributed by atoms with Gasteiger partial charge in [0, 0.05) is 31.3 Å². The van der Waals surface area contributed by atoms with Gasteiger partial charge in [-0.05, 0) is 13.1 Å². The number of nitrogens with zero attached hydrogens (tertiary/aromatic N) is 2. The summed E-state index contributed by atoms with van der Waals surface area (Å²) in [6, 6.07) is 3.61. The standard InChI is InChI=1S/C12H17N3O2/c1-15-5-6-17-11(8-15)10(16)7-9-3-2-4-14-12(9)13/h2-4,11H,5-8H2,1H3,(H2,13,14). The van der Waals surface area contributed by atoms with Crippen molar-refractivity contribution in [2.75, 3.05) is 32.5 Å². The van der Waals surface area contributed by atoms with Crippen LogP contribution >= 0.6 is 0 Å². The van der Waals surface area contributed by atoms with E-state index in [4.69, 9.17) is 10.5 Å². The molecule has 0 spiro atoms. The Labute approximate surface area is 101 Å². The molecule has 0 bridgehead atoms. The van der Waals surface area contributed by atoms with Crippen LogP contribution in [0.2, 0.25) is 0 Å². The second kappa shape index (κ2) is 5.25. The number of hydrogen-bond acceptors (Lipinski definition) is 5. The molecule has 2 N–H and O–H groups in total. The third kappa shape index (κ3) is 3.01. The Bertz CT molecular complexity index is 408. The van der Waals surface area contributed by atoms with Crippen LogP contribution in [0.1, 0.15) is 5.56 Å². The Morgan fingerprint density at radius 3 is 3.24 bits per heavy atom. The minimum atomic E-state index is -0.339. The van der Waals surface area contributed by atoms with E-state index >= 15 is 0 Å². The lowest BCUT2D eigenvalue weighted by atomic mass is 10.1. The van der Waals surface area contributed by atoms with Crippen molar-refractivity contribution in [3.8, 4) is 0 Å². The van der Waals surface area contributed by atoms with Gasteiger partial charge in [0.25, 0.3) is 0 Å². The fraction of sp³-hybridized carbons (Fsp3) is 0.500. The number of morpholine rings is 1. The highest BCUT2D eigenvalue weighted by Gasteiger charge is 2.25. The molecule has 0 aromatic carbocycles. The first-order chi connectivity index (χ1) is 8.16. The lowest BCUT2D eigenvalue weighted by Crippen LogP contribution is -2.44. The molecular formula is C12H17N3O2. The largest absolute Gasteiger partial charge is 0.383 e. The minimum absolute atomic E-state index is 0.0660. The first-order valence-electron chi connectivity index (χ1n) is 5.69. The number of ketones is 1. The number of anilines is 1. The second-order valence-electron chi connectivity index (χ2n) is 4.31. The molecule has 1 aliphatic rings. The quantitative estimate of drug-likeness (QED) is 0.805. The van der Waals surface area contributed by atoms with Crippen molar-refractivity contribution in [3.05, 3.63) is 23.9 Å². The van der Waals surface area contributed by atoms with Gasteiger partial charge in [0.05, 0.1) is 6.61 Å². The molecule has 1 aromatic rings. The van der Waals surface area contributed by atoms with Crippen LogP contribution in [0.3, 0.4) is 0 Å². The third-order valence-corrected chi connectivity index (χ3v) is 2.92. The number of carbonyl (C=O) groups excluding carboxylic acids is 1. The number of ether oxygens (including phenoxy) is 1. The minimum Gasteiger partial charge on any atom is -0.383 e. The van der Waals surface area contributed by atoms with Gasteiger partial charge in [-0.1, -0.05) is 6.07 Å². The number of rotatable bonds is 3. The average molecular weight is 235 g/mol. The highest BCUT2D eigenvalue weighted by atomic mass is 16.5. The molecule has 5 heteroatoms. The fourth-order valence-corrected chi connectivity index (χ4v) is 1.87. The molecule has 92 valence electrons. The van der Waals surface area contributed by atoms with Crippen LogP contribution in [-0.4, -0.2) is 48.5 Å². The van der Waals surface area contributed by atoms with Gasteiger partial charge in [0.15, 0.2) is 5.78 Å². The summed E-state index contributed by atoms with van der Waals surface area (Å²) in [5, 5.41) is 0. The maximum absolute atomic E-state index is 12.0. The van der Waals surface area contributed by atoms with E-state index in [1.807, 2.05) is 13.1 Å². The summed E-state index contributed by atoms with van der Waals surface area (Å²) in [5.74, 6) is 0.487. The van der Waals surface area contributed by atoms with Crippen molar-refractivity contribution in [1.82, 2.24) is 9.88 Å². The fourth-order valence-electron chi connectivity index (χ4n) is 1.87. The number of nitrogen functional groups attached to an aromatic ring is 1. The number of carbonyl (C=O) groups is 1. The Balaban J connectivity index is 1.99. The molecule has 1 atom stereocenters. The van der Waals surface area contributed by atoms with Crippen LogP contribution in [-0.2, 0) is 16.0 Å². The number of hydrogen-bond donors (Lipinski definition) is 1. The van der Waals surface area contributed by atoms with E-state index in [-0.39, 0.29) is 18.3 Å². The van der Waals surface area contributed by atoms with Crippen molar-refractivity contribution in [2.24, 2.45) is 0 Å². The normalized spacial score (nSPS) is 21.4. The van der Waals surface area contributed by atoms with E-state index in [1.165, 1.54) is 0 Å². The van der Waals surface area contributed by atoms with Crippen molar-refractivity contribution in [3.63, 3.8) is 0 Å². The zero-order valence-corrected chi connectivity index (χ0v) is 9.93. The van der Waals surface area contributed by atoms with Gasteiger partial charge >= 0.3 is 0 Å². The number of pyridine rings is 1. The zero-order chi connectivity index (χ0) is 12.3. The Morgan fingerprint density at radius 2 is 2.53 bits per heavy atom. The van der Waals surface area contributed by atoms with Crippen LogP contribution in [0.4, 0.5) is 5.82 Å². The van der Waals surface area contributed by atoms with Gasteiger partial charge in [0.1, 0.15) is 11.9 Å². The first-order valence-corrected chi connectivity index (χ1v) is 5.69. The van der Waals surface area contributed by atoms with Gasteiger partial charge in [-0.25, -0.2) is 4.98 Å². The SMILES string of the molecule is CN1CCOC(C(=O)Cc2cccnc2N)C1. The molecule has 2 rings (SSSR count). The summed E-state index contributed by atoms with van der Waals surface area (Å²) in [5.41, 5.74) is 6.48. The van der Waals surface area contributed by atoms with Crippen LogP contribution < -0.4 is 5.73 Å². The topological polar surface area (TPSA) is 68.5 Å². The van der Waals surface area contributed by atoms with Crippen LogP contribution in [0, 0.1) is 0 Å². The summed E-state index contributed by atoms with van der Waals surface area (Å²) in [7, 11) is 1.99. The number of Topliss-reactive ketones (excluding diaryl/α,β-unsaturated/α-hetero) is 1. The van der Waals surface area contributed by atoms with Crippen molar-refractivity contribution in [1.29, 1.82) is 0 Å². The molecule has 1 aromatic heterocycles. The molecule has 0 saturated carbocycles. The Hall–Kier alpha value is -1.46. The van der Waals surface area contributed by atoms with Gasteiger partial charge in [-0.2, -0.15) is 0 Å². The summed E-state index contributed by atoms with van der Waals surface area (Å²) >= 11 is 0. The molecule has 0 aliphatic carbocycles. The summed E-state index contributed by atoms with van der Waals surface area (Å²) in [4.78, 5) is 18.1. The van der Waals surface area contributed by atoms with E-state index in [0.29, 0.717) is 19.0 Å². The van der Waals surface area contributed by atoms with E-state index in [1.54, 1.807) is 12.3 Å². The molecule has 1 fully saturated rings. The van der Waals surface area contributed by atoms with Crippen molar-refractivity contribution >= 4 is 11.6 Å². The third-order valence-electron chi connectivity index (χ3n) is 2.92. The van der Waals surface area contributed by atoms with Gasteiger partial charge in [0.2, 0.25) is 0 Å². The highest BCUT2D eigenvalue weighted by molar-refractivity contribution is 5.86.